The number of nitrogens with zero attached hydrogens (tertiary/aromatic N) is 2. The van der Waals surface area contributed by atoms with Gasteiger partial charge in [-0.25, -0.2) is 4.79 Å². The molecule has 1 fully saturated rings. The number of ether oxygens (including phenoxy) is 2. The fourth-order valence-corrected chi connectivity index (χ4v) is 2.45. The largest absolute Gasteiger partial charge is 0.464 e. The first kappa shape index (κ1) is 15.4. The van der Waals surface area contributed by atoms with Gasteiger partial charge in [0.15, 0.2) is 0 Å². The zero-order valence-electron chi connectivity index (χ0n) is 12.0. The Morgan fingerprint density at radius 3 is 2.67 bits per heavy atom. The fraction of sp³-hybridized carbons (Fsp3) is 0.923. The molecule has 1 aliphatic rings. The summed E-state index contributed by atoms with van der Waals surface area (Å²) >= 11 is 0. The van der Waals surface area contributed by atoms with E-state index in [1.165, 1.54) is 0 Å². The molecule has 2 atom stereocenters. The van der Waals surface area contributed by atoms with Crippen LogP contribution in [0, 0.1) is 5.92 Å². The topological polar surface area (TPSA) is 42.0 Å². The van der Waals surface area contributed by atoms with E-state index in [-0.39, 0.29) is 12.6 Å². The van der Waals surface area contributed by atoms with Crippen LogP contribution in [0.4, 0.5) is 0 Å². The molecule has 0 saturated carbocycles. The van der Waals surface area contributed by atoms with Crippen molar-refractivity contribution in [1.29, 1.82) is 0 Å². The van der Waals surface area contributed by atoms with Gasteiger partial charge in [-0.3, -0.25) is 4.90 Å². The summed E-state index contributed by atoms with van der Waals surface area (Å²) < 4.78 is 10.1. The van der Waals surface area contributed by atoms with Gasteiger partial charge in [-0.2, -0.15) is 0 Å². The fourth-order valence-electron chi connectivity index (χ4n) is 2.45. The maximum atomic E-state index is 11.1. The van der Waals surface area contributed by atoms with E-state index in [9.17, 15) is 4.79 Å². The minimum absolute atomic E-state index is 0.0638. The Bertz CT molecular complexity index is 259. The number of hydrogen-bond acceptors (Lipinski definition) is 5. The number of rotatable bonds is 7. The second-order valence-corrected chi connectivity index (χ2v) is 5.13. The van der Waals surface area contributed by atoms with Crippen molar-refractivity contribution in [3.8, 4) is 0 Å². The molecule has 1 heterocycles. The molecular weight excluding hydrogens is 232 g/mol. The van der Waals surface area contributed by atoms with E-state index >= 15 is 0 Å². The maximum Gasteiger partial charge on any atom is 0.332 e. The molecule has 5 heteroatoms. The third-order valence-electron chi connectivity index (χ3n) is 3.39. The molecule has 0 radical (unpaired) electrons. The molecule has 1 rings (SSSR count). The summed E-state index contributed by atoms with van der Waals surface area (Å²) in [5, 5.41) is 0. The van der Waals surface area contributed by atoms with Crippen LogP contribution in [0.2, 0.25) is 0 Å². The molecule has 0 amide bonds. The second-order valence-electron chi connectivity index (χ2n) is 5.13. The van der Waals surface area contributed by atoms with Crippen molar-refractivity contribution in [2.45, 2.75) is 19.9 Å². The van der Waals surface area contributed by atoms with Crippen LogP contribution in [0.1, 0.15) is 13.8 Å². The van der Waals surface area contributed by atoms with Gasteiger partial charge >= 0.3 is 5.97 Å². The van der Waals surface area contributed by atoms with Gasteiger partial charge in [0, 0.05) is 25.7 Å². The summed E-state index contributed by atoms with van der Waals surface area (Å²) in [7, 11) is 4.25. The molecule has 2 unspecified atom stereocenters. The molecule has 1 aliphatic heterocycles. The molecule has 0 N–H and O–H groups in total. The molecular formula is C13H26N2O3. The van der Waals surface area contributed by atoms with Crippen molar-refractivity contribution in [3.05, 3.63) is 0 Å². The van der Waals surface area contributed by atoms with Gasteiger partial charge in [-0.05, 0) is 26.9 Å². The lowest BCUT2D eigenvalue weighted by Crippen LogP contribution is -2.35. The van der Waals surface area contributed by atoms with Gasteiger partial charge in [0.25, 0.3) is 0 Å². The lowest BCUT2D eigenvalue weighted by atomic mass is 10.1. The highest BCUT2D eigenvalue weighted by atomic mass is 16.6. The molecule has 0 spiro atoms. The first-order valence-electron chi connectivity index (χ1n) is 6.66. The number of esters is 1. The van der Waals surface area contributed by atoms with E-state index in [1.807, 2.05) is 0 Å². The standard InChI is InChI=1S/C13H26N2O3/c1-5-18-13(16)10-17-7-6-15-8-11(2)12(9-15)14(3)4/h11-12H,5-10H2,1-4H3. The van der Waals surface area contributed by atoms with Crippen LogP contribution < -0.4 is 0 Å². The molecule has 0 aromatic carbocycles. The van der Waals surface area contributed by atoms with Crippen molar-refractivity contribution in [3.63, 3.8) is 0 Å². The van der Waals surface area contributed by atoms with Crippen LogP contribution in [0.3, 0.4) is 0 Å². The molecule has 106 valence electrons. The van der Waals surface area contributed by atoms with E-state index in [1.54, 1.807) is 6.92 Å². The normalized spacial score (nSPS) is 24.7. The number of carbonyl (C=O) groups excluding carboxylic acids is 1. The first-order chi connectivity index (χ1) is 8.54. The van der Waals surface area contributed by atoms with Crippen LogP contribution in [0.15, 0.2) is 0 Å². The number of likely N-dealkylation sites (N-methyl/N-ethyl adjacent to an activating group) is 1. The van der Waals surface area contributed by atoms with Crippen molar-refractivity contribution in [2.24, 2.45) is 5.92 Å². The molecule has 0 bridgehead atoms. The van der Waals surface area contributed by atoms with E-state index in [2.05, 4.69) is 30.8 Å². The summed E-state index contributed by atoms with van der Waals surface area (Å²) in [4.78, 5) is 15.7. The minimum Gasteiger partial charge on any atom is -0.464 e. The zero-order valence-corrected chi connectivity index (χ0v) is 12.0. The van der Waals surface area contributed by atoms with Crippen LogP contribution >= 0.6 is 0 Å². The zero-order chi connectivity index (χ0) is 13.5. The smallest absolute Gasteiger partial charge is 0.332 e. The summed E-state index contributed by atoms with van der Waals surface area (Å²) in [5.41, 5.74) is 0. The van der Waals surface area contributed by atoms with Gasteiger partial charge < -0.3 is 14.4 Å². The van der Waals surface area contributed by atoms with Gasteiger partial charge in [0.05, 0.1) is 13.2 Å². The van der Waals surface area contributed by atoms with Gasteiger partial charge in [-0.15, -0.1) is 0 Å². The van der Waals surface area contributed by atoms with Crippen molar-refractivity contribution < 1.29 is 14.3 Å². The van der Waals surface area contributed by atoms with Gasteiger partial charge in [0.1, 0.15) is 6.61 Å². The van der Waals surface area contributed by atoms with Gasteiger partial charge in [-0.1, -0.05) is 6.92 Å². The van der Waals surface area contributed by atoms with E-state index in [4.69, 9.17) is 9.47 Å². The lowest BCUT2D eigenvalue weighted by Gasteiger charge is -2.22. The monoisotopic (exact) mass is 258 g/mol. The molecule has 18 heavy (non-hydrogen) atoms. The van der Waals surface area contributed by atoms with Crippen molar-refractivity contribution >= 4 is 5.97 Å². The highest BCUT2D eigenvalue weighted by Gasteiger charge is 2.30. The van der Waals surface area contributed by atoms with Crippen LogP contribution in [-0.4, -0.2) is 75.4 Å². The Balaban J connectivity index is 2.12. The minimum atomic E-state index is -0.279. The Kier molecular flexibility index (Phi) is 6.60. The Labute approximate surface area is 110 Å². The lowest BCUT2D eigenvalue weighted by molar-refractivity contribution is -0.148. The first-order valence-corrected chi connectivity index (χ1v) is 6.66. The molecule has 0 aromatic heterocycles. The number of carbonyl (C=O) groups is 1. The average molecular weight is 258 g/mol. The molecule has 0 aliphatic carbocycles. The Hall–Kier alpha value is -0.650. The number of likely N-dealkylation sites (tertiary alicyclic amines) is 1. The highest BCUT2D eigenvalue weighted by molar-refractivity contribution is 5.70. The van der Waals surface area contributed by atoms with E-state index in [0.29, 0.717) is 25.2 Å². The van der Waals surface area contributed by atoms with Crippen LogP contribution in [0.5, 0.6) is 0 Å². The van der Waals surface area contributed by atoms with Crippen molar-refractivity contribution in [1.82, 2.24) is 9.80 Å². The van der Waals surface area contributed by atoms with Crippen LogP contribution in [-0.2, 0) is 14.3 Å². The van der Waals surface area contributed by atoms with E-state index < -0.39 is 0 Å². The predicted octanol–water partition coefficient (Wildman–Crippen LogP) is 0.448. The molecule has 0 aromatic rings. The average Bonchev–Trinajstić information content (AvgIpc) is 2.66. The summed E-state index contributed by atoms with van der Waals surface area (Å²) in [6.45, 7) is 8.21. The van der Waals surface area contributed by atoms with Gasteiger partial charge in [0.2, 0.25) is 0 Å². The highest BCUT2D eigenvalue weighted by Crippen LogP contribution is 2.19. The molecule has 5 nitrogen and oxygen atoms in total. The predicted molar refractivity (Wildman–Crippen MR) is 70.5 cm³/mol. The quantitative estimate of drug-likeness (QED) is 0.490. The Morgan fingerprint density at radius 2 is 2.11 bits per heavy atom. The maximum absolute atomic E-state index is 11.1. The third kappa shape index (κ3) is 4.92. The third-order valence-corrected chi connectivity index (χ3v) is 3.39. The second kappa shape index (κ2) is 7.71. The summed E-state index contributed by atoms with van der Waals surface area (Å²) in [6, 6.07) is 0.620. The summed E-state index contributed by atoms with van der Waals surface area (Å²) in [6.07, 6.45) is 0. The number of hydrogen-bond donors (Lipinski definition) is 0. The Morgan fingerprint density at radius 1 is 1.39 bits per heavy atom. The SMILES string of the molecule is CCOC(=O)COCCN1CC(C)C(N(C)C)C1. The van der Waals surface area contributed by atoms with Crippen molar-refractivity contribution in [2.75, 3.05) is 53.6 Å². The summed E-state index contributed by atoms with van der Waals surface area (Å²) in [5.74, 6) is 0.406. The molecule has 1 saturated heterocycles. The van der Waals surface area contributed by atoms with E-state index in [0.717, 1.165) is 19.6 Å². The van der Waals surface area contributed by atoms with Crippen LogP contribution in [0.25, 0.3) is 0 Å².